The highest BCUT2D eigenvalue weighted by Gasteiger charge is 2.36. The molecule has 4 heteroatoms. The first-order chi connectivity index (χ1) is 8.22. The summed E-state index contributed by atoms with van der Waals surface area (Å²) in [6, 6.07) is 5.90. The first-order valence-corrected chi connectivity index (χ1v) is 7.16. The maximum atomic E-state index is 6.17. The van der Waals surface area contributed by atoms with Crippen molar-refractivity contribution in [3.05, 3.63) is 28.2 Å². The van der Waals surface area contributed by atoms with Gasteiger partial charge in [0.2, 0.25) is 0 Å². The van der Waals surface area contributed by atoms with E-state index in [1.807, 2.05) is 18.2 Å². The lowest BCUT2D eigenvalue weighted by atomic mass is 9.67. The number of thiazole rings is 1. The number of nitrogens with zero attached hydrogens (tertiary/aromatic N) is 1. The van der Waals surface area contributed by atoms with Gasteiger partial charge in [0.1, 0.15) is 0 Å². The summed E-state index contributed by atoms with van der Waals surface area (Å²) < 4.78 is 1.11. The average molecular weight is 267 g/mol. The fraction of sp³-hybridized carbons (Fsp3) is 0.462. The Balaban J connectivity index is 1.93. The molecule has 0 radical (unpaired) electrons. The lowest BCUT2D eigenvalue weighted by Crippen LogP contribution is -2.39. The van der Waals surface area contributed by atoms with Gasteiger partial charge < -0.3 is 5.73 Å². The van der Waals surface area contributed by atoms with Gasteiger partial charge in [0, 0.05) is 6.42 Å². The second kappa shape index (κ2) is 4.23. The summed E-state index contributed by atoms with van der Waals surface area (Å²) in [5, 5.41) is 1.99. The largest absolute Gasteiger partial charge is 0.330 e. The SMILES string of the molecule is NCC1(Cc2nc3cccc(Cl)c3s2)CCC1. The van der Waals surface area contributed by atoms with E-state index in [2.05, 4.69) is 4.98 Å². The zero-order valence-electron chi connectivity index (χ0n) is 9.58. The molecule has 0 atom stereocenters. The third-order valence-corrected chi connectivity index (χ3v) is 5.32. The van der Waals surface area contributed by atoms with Crippen molar-refractivity contribution in [1.29, 1.82) is 0 Å². The maximum Gasteiger partial charge on any atom is 0.0945 e. The molecule has 17 heavy (non-hydrogen) atoms. The molecule has 0 bridgehead atoms. The Morgan fingerprint density at radius 2 is 2.24 bits per heavy atom. The number of rotatable bonds is 3. The van der Waals surface area contributed by atoms with E-state index in [0.717, 1.165) is 28.2 Å². The molecule has 1 heterocycles. The minimum atomic E-state index is 0.320. The molecule has 2 aromatic rings. The molecule has 1 fully saturated rings. The van der Waals surface area contributed by atoms with Crippen LogP contribution in [0.3, 0.4) is 0 Å². The Bertz CT molecular complexity index is 540. The summed E-state index contributed by atoms with van der Waals surface area (Å²) in [6.45, 7) is 0.774. The van der Waals surface area contributed by atoms with Crippen molar-refractivity contribution in [2.75, 3.05) is 6.54 Å². The number of aromatic nitrogens is 1. The maximum absolute atomic E-state index is 6.17. The quantitative estimate of drug-likeness (QED) is 0.922. The molecule has 0 saturated heterocycles. The molecule has 1 aliphatic rings. The molecule has 1 saturated carbocycles. The van der Waals surface area contributed by atoms with Crippen LogP contribution in [-0.4, -0.2) is 11.5 Å². The molecule has 1 aromatic heterocycles. The van der Waals surface area contributed by atoms with Gasteiger partial charge >= 0.3 is 0 Å². The first-order valence-electron chi connectivity index (χ1n) is 5.96. The van der Waals surface area contributed by atoms with Crippen LogP contribution in [0.15, 0.2) is 18.2 Å². The molecule has 1 aromatic carbocycles. The molecule has 0 amide bonds. The summed E-state index contributed by atoms with van der Waals surface area (Å²) in [6.07, 6.45) is 4.81. The Hall–Kier alpha value is -0.640. The van der Waals surface area contributed by atoms with E-state index < -0.39 is 0 Å². The second-order valence-corrected chi connectivity index (χ2v) is 6.42. The van der Waals surface area contributed by atoms with Gasteiger partial charge in [0.25, 0.3) is 0 Å². The van der Waals surface area contributed by atoms with Crippen molar-refractivity contribution in [3.8, 4) is 0 Å². The normalized spacial score (nSPS) is 18.2. The second-order valence-electron chi connectivity index (χ2n) is 4.93. The Morgan fingerprint density at radius 3 is 2.82 bits per heavy atom. The molecule has 2 nitrogen and oxygen atoms in total. The number of fused-ring (bicyclic) bond motifs is 1. The topological polar surface area (TPSA) is 38.9 Å². The lowest BCUT2D eigenvalue weighted by Gasteiger charge is -2.40. The molecule has 2 N–H and O–H groups in total. The van der Waals surface area contributed by atoms with E-state index in [9.17, 15) is 0 Å². The van der Waals surface area contributed by atoms with Crippen LogP contribution < -0.4 is 5.73 Å². The van der Waals surface area contributed by atoms with Gasteiger partial charge in [-0.25, -0.2) is 4.98 Å². The molecule has 1 aliphatic carbocycles. The van der Waals surface area contributed by atoms with Crippen LogP contribution in [0.4, 0.5) is 0 Å². The van der Waals surface area contributed by atoms with Gasteiger partial charge in [-0.3, -0.25) is 0 Å². The zero-order chi connectivity index (χ0) is 11.9. The fourth-order valence-electron chi connectivity index (χ4n) is 2.49. The molecule has 0 unspecified atom stereocenters. The number of nitrogens with two attached hydrogens (primary N) is 1. The Labute approximate surface area is 110 Å². The fourth-order valence-corrected chi connectivity index (χ4v) is 3.91. The van der Waals surface area contributed by atoms with Gasteiger partial charge in [-0.15, -0.1) is 11.3 Å². The third kappa shape index (κ3) is 1.96. The number of hydrogen-bond acceptors (Lipinski definition) is 3. The molecular weight excluding hydrogens is 252 g/mol. The highest BCUT2D eigenvalue weighted by atomic mass is 35.5. The molecule has 0 spiro atoms. The van der Waals surface area contributed by atoms with E-state index in [4.69, 9.17) is 17.3 Å². The van der Waals surface area contributed by atoms with Gasteiger partial charge in [-0.2, -0.15) is 0 Å². The average Bonchev–Trinajstić information content (AvgIpc) is 2.68. The number of benzene rings is 1. The molecule has 90 valence electrons. The van der Waals surface area contributed by atoms with E-state index in [-0.39, 0.29) is 0 Å². The molecule has 0 aliphatic heterocycles. The number of halogens is 1. The summed E-state index contributed by atoms with van der Waals surface area (Å²) in [7, 11) is 0. The Kier molecular flexibility index (Phi) is 2.85. The van der Waals surface area contributed by atoms with Crippen LogP contribution in [-0.2, 0) is 6.42 Å². The van der Waals surface area contributed by atoms with Crippen molar-refractivity contribution in [1.82, 2.24) is 4.98 Å². The first kappa shape index (κ1) is 11.5. The van der Waals surface area contributed by atoms with Crippen molar-refractivity contribution >= 4 is 33.2 Å². The predicted molar refractivity (Wildman–Crippen MR) is 73.7 cm³/mol. The molecule has 3 rings (SSSR count). The highest BCUT2D eigenvalue weighted by Crippen LogP contribution is 2.44. The van der Waals surface area contributed by atoms with Crippen LogP contribution in [0.25, 0.3) is 10.2 Å². The summed E-state index contributed by atoms with van der Waals surface area (Å²) in [5.74, 6) is 0. The highest BCUT2D eigenvalue weighted by molar-refractivity contribution is 7.19. The van der Waals surface area contributed by atoms with E-state index in [0.29, 0.717) is 5.41 Å². The van der Waals surface area contributed by atoms with Crippen molar-refractivity contribution in [2.45, 2.75) is 25.7 Å². The monoisotopic (exact) mass is 266 g/mol. The van der Waals surface area contributed by atoms with E-state index in [1.165, 1.54) is 24.3 Å². The minimum absolute atomic E-state index is 0.320. The predicted octanol–water partition coefficient (Wildman–Crippen LogP) is 3.62. The number of hydrogen-bond donors (Lipinski definition) is 1. The molecular formula is C13H15ClN2S. The smallest absolute Gasteiger partial charge is 0.0945 e. The van der Waals surface area contributed by atoms with Crippen molar-refractivity contribution in [3.63, 3.8) is 0 Å². The van der Waals surface area contributed by atoms with E-state index >= 15 is 0 Å². The Morgan fingerprint density at radius 1 is 1.41 bits per heavy atom. The summed E-state index contributed by atoms with van der Waals surface area (Å²) in [4.78, 5) is 4.67. The standard InChI is InChI=1S/C13H15ClN2S/c14-9-3-1-4-10-12(9)17-11(16-10)7-13(8-15)5-2-6-13/h1,3-4H,2,5-8,15H2. The zero-order valence-corrected chi connectivity index (χ0v) is 11.2. The minimum Gasteiger partial charge on any atom is -0.330 e. The van der Waals surface area contributed by atoms with Crippen molar-refractivity contribution in [2.24, 2.45) is 11.1 Å². The van der Waals surface area contributed by atoms with Gasteiger partial charge in [0.15, 0.2) is 0 Å². The van der Waals surface area contributed by atoms with Crippen LogP contribution in [0, 0.1) is 5.41 Å². The summed E-state index contributed by atoms with van der Waals surface area (Å²) in [5.41, 5.74) is 7.23. The lowest BCUT2D eigenvalue weighted by molar-refractivity contribution is 0.145. The van der Waals surface area contributed by atoms with Gasteiger partial charge in [-0.1, -0.05) is 24.1 Å². The summed E-state index contributed by atoms with van der Waals surface area (Å²) >= 11 is 7.89. The van der Waals surface area contributed by atoms with Crippen LogP contribution >= 0.6 is 22.9 Å². The van der Waals surface area contributed by atoms with E-state index in [1.54, 1.807) is 11.3 Å². The van der Waals surface area contributed by atoms with Crippen LogP contribution in [0.5, 0.6) is 0 Å². The third-order valence-electron chi connectivity index (χ3n) is 3.78. The van der Waals surface area contributed by atoms with Gasteiger partial charge in [-0.05, 0) is 36.9 Å². The van der Waals surface area contributed by atoms with Crippen LogP contribution in [0.1, 0.15) is 24.3 Å². The van der Waals surface area contributed by atoms with Gasteiger partial charge in [0.05, 0.1) is 20.2 Å². The van der Waals surface area contributed by atoms with Crippen LogP contribution in [0.2, 0.25) is 5.02 Å². The van der Waals surface area contributed by atoms with Crippen molar-refractivity contribution < 1.29 is 0 Å².